The molecule has 0 spiro atoms. The van der Waals surface area contributed by atoms with Crippen LogP contribution in [0.4, 0.5) is 0 Å². The van der Waals surface area contributed by atoms with Gasteiger partial charge in [0.25, 0.3) is 5.91 Å². The van der Waals surface area contributed by atoms with Crippen LogP contribution in [0.15, 0.2) is 10.7 Å². The van der Waals surface area contributed by atoms with Gasteiger partial charge in [0.2, 0.25) is 5.89 Å². The summed E-state index contributed by atoms with van der Waals surface area (Å²) in [5.41, 5.74) is 1.44. The van der Waals surface area contributed by atoms with Gasteiger partial charge in [-0.25, -0.2) is 0 Å². The van der Waals surface area contributed by atoms with Crippen LogP contribution in [0.3, 0.4) is 0 Å². The molecule has 0 radical (unpaired) electrons. The van der Waals surface area contributed by atoms with Gasteiger partial charge in [-0.3, -0.25) is 9.89 Å². The summed E-state index contributed by atoms with van der Waals surface area (Å²) in [5.74, 6) is 1.54. The number of rotatable bonds is 3. The highest BCUT2D eigenvalue weighted by molar-refractivity contribution is 5.95. The van der Waals surface area contributed by atoms with E-state index in [0.29, 0.717) is 23.8 Å². The van der Waals surface area contributed by atoms with Crippen LogP contribution in [0, 0.1) is 6.92 Å². The van der Waals surface area contributed by atoms with Gasteiger partial charge in [-0.15, -0.1) is 0 Å². The molecule has 0 aromatic carbocycles. The van der Waals surface area contributed by atoms with Crippen molar-refractivity contribution >= 4 is 5.91 Å². The lowest BCUT2D eigenvalue weighted by Crippen LogP contribution is -2.39. The molecule has 112 valence electrons. The van der Waals surface area contributed by atoms with Gasteiger partial charge in [-0.2, -0.15) is 10.1 Å². The summed E-state index contributed by atoms with van der Waals surface area (Å²) in [6.07, 6.45) is 4.25. The quantitative estimate of drug-likeness (QED) is 0.928. The molecular formula is C14H19N5O2. The fraction of sp³-hybridized carbons (Fsp3) is 0.571. The highest BCUT2D eigenvalue weighted by Gasteiger charge is 2.29. The zero-order chi connectivity index (χ0) is 14.8. The molecule has 1 aliphatic rings. The number of hydrogen-bond acceptors (Lipinski definition) is 5. The smallest absolute Gasteiger partial charge is 0.257 e. The second-order valence-corrected chi connectivity index (χ2v) is 5.40. The van der Waals surface area contributed by atoms with Crippen molar-refractivity contribution in [1.82, 2.24) is 25.2 Å². The van der Waals surface area contributed by atoms with E-state index >= 15 is 0 Å². The maximum Gasteiger partial charge on any atom is 0.257 e. The summed E-state index contributed by atoms with van der Waals surface area (Å²) in [5, 5.41) is 10.8. The van der Waals surface area contributed by atoms with Crippen molar-refractivity contribution in [3.63, 3.8) is 0 Å². The Labute approximate surface area is 122 Å². The van der Waals surface area contributed by atoms with Gasteiger partial charge in [0, 0.05) is 31.1 Å². The Morgan fingerprint density at radius 2 is 2.43 bits per heavy atom. The van der Waals surface area contributed by atoms with Gasteiger partial charge >= 0.3 is 0 Å². The molecule has 1 amide bonds. The first-order valence-electron chi connectivity index (χ1n) is 7.30. The predicted molar refractivity (Wildman–Crippen MR) is 74.9 cm³/mol. The topological polar surface area (TPSA) is 87.9 Å². The molecule has 0 aliphatic carbocycles. The molecule has 1 unspecified atom stereocenters. The summed E-state index contributed by atoms with van der Waals surface area (Å²) >= 11 is 0. The maximum atomic E-state index is 12.5. The number of aryl methyl sites for hydroxylation is 2. The van der Waals surface area contributed by atoms with E-state index in [1.54, 1.807) is 6.20 Å². The molecule has 3 heterocycles. The summed E-state index contributed by atoms with van der Waals surface area (Å²) < 4.78 is 5.17. The number of piperidine rings is 1. The van der Waals surface area contributed by atoms with E-state index in [9.17, 15) is 4.79 Å². The van der Waals surface area contributed by atoms with Crippen molar-refractivity contribution in [2.75, 3.05) is 13.1 Å². The largest absolute Gasteiger partial charge is 0.339 e. The molecule has 7 nitrogen and oxygen atoms in total. The lowest BCUT2D eigenvalue weighted by Gasteiger charge is -2.31. The average Bonchev–Trinajstić information content (AvgIpc) is 3.15. The third-order valence-electron chi connectivity index (χ3n) is 3.92. The van der Waals surface area contributed by atoms with E-state index in [4.69, 9.17) is 4.52 Å². The highest BCUT2D eigenvalue weighted by atomic mass is 16.5. The number of aromatic amines is 1. The minimum atomic E-state index is 0.0187. The first kappa shape index (κ1) is 13.8. The number of hydrogen-bond donors (Lipinski definition) is 1. The Morgan fingerprint density at radius 1 is 1.57 bits per heavy atom. The second kappa shape index (κ2) is 5.67. The maximum absolute atomic E-state index is 12.5. The van der Waals surface area contributed by atoms with Crippen LogP contribution in [-0.4, -0.2) is 44.2 Å². The molecule has 1 fully saturated rings. The number of carbonyl (C=O) groups excluding carboxylic acids is 1. The van der Waals surface area contributed by atoms with Gasteiger partial charge in [-0.05, 0) is 19.8 Å². The summed E-state index contributed by atoms with van der Waals surface area (Å²) in [6, 6.07) is 0. The molecule has 0 bridgehead atoms. The molecule has 7 heteroatoms. The van der Waals surface area contributed by atoms with Crippen molar-refractivity contribution in [1.29, 1.82) is 0 Å². The van der Waals surface area contributed by atoms with Crippen LogP contribution < -0.4 is 0 Å². The molecular weight excluding hydrogens is 270 g/mol. The number of H-pyrrole nitrogens is 1. The minimum Gasteiger partial charge on any atom is -0.339 e. The molecule has 1 N–H and O–H groups in total. The zero-order valence-corrected chi connectivity index (χ0v) is 12.3. The lowest BCUT2D eigenvalue weighted by molar-refractivity contribution is 0.0703. The van der Waals surface area contributed by atoms with E-state index in [2.05, 4.69) is 20.3 Å². The molecule has 21 heavy (non-hydrogen) atoms. The van der Waals surface area contributed by atoms with Crippen molar-refractivity contribution in [3.8, 4) is 0 Å². The Balaban J connectivity index is 1.74. The van der Waals surface area contributed by atoms with Gasteiger partial charge in [0.05, 0.1) is 11.8 Å². The van der Waals surface area contributed by atoms with E-state index in [1.807, 2.05) is 18.7 Å². The standard InChI is InChI=1S/C14H19N5O2/c1-3-12-16-13(18-21-12)10-5-4-6-19(8-10)14(20)11-7-15-17-9(11)2/h7,10H,3-6,8H2,1-2H3,(H,15,17). The van der Waals surface area contributed by atoms with Crippen LogP contribution in [0.2, 0.25) is 0 Å². The Kier molecular flexibility index (Phi) is 3.72. The molecule has 1 aliphatic heterocycles. The lowest BCUT2D eigenvalue weighted by atomic mass is 9.97. The summed E-state index contributed by atoms with van der Waals surface area (Å²) in [7, 11) is 0. The minimum absolute atomic E-state index is 0.0187. The van der Waals surface area contributed by atoms with Crippen LogP contribution in [-0.2, 0) is 6.42 Å². The molecule has 1 saturated heterocycles. The number of likely N-dealkylation sites (tertiary alicyclic amines) is 1. The summed E-state index contributed by atoms with van der Waals surface area (Å²) in [4.78, 5) is 18.8. The van der Waals surface area contributed by atoms with E-state index in [0.717, 1.165) is 31.5 Å². The highest BCUT2D eigenvalue weighted by Crippen LogP contribution is 2.26. The Morgan fingerprint density at radius 3 is 3.10 bits per heavy atom. The van der Waals surface area contributed by atoms with E-state index in [-0.39, 0.29) is 11.8 Å². The monoisotopic (exact) mass is 289 g/mol. The third kappa shape index (κ3) is 2.68. The fourth-order valence-corrected chi connectivity index (χ4v) is 2.69. The first-order valence-corrected chi connectivity index (χ1v) is 7.30. The fourth-order valence-electron chi connectivity index (χ4n) is 2.69. The van der Waals surface area contributed by atoms with Crippen LogP contribution >= 0.6 is 0 Å². The number of nitrogens with zero attached hydrogens (tertiary/aromatic N) is 4. The average molecular weight is 289 g/mol. The Bertz CT molecular complexity index is 633. The Hall–Kier alpha value is -2.18. The van der Waals surface area contributed by atoms with Crippen molar-refractivity contribution < 1.29 is 9.32 Å². The number of amides is 1. The molecule has 0 saturated carbocycles. The predicted octanol–water partition coefficient (Wildman–Crippen LogP) is 1.68. The van der Waals surface area contributed by atoms with Crippen molar-refractivity contribution in [3.05, 3.63) is 29.2 Å². The zero-order valence-electron chi connectivity index (χ0n) is 12.3. The second-order valence-electron chi connectivity index (χ2n) is 5.40. The van der Waals surface area contributed by atoms with Crippen LogP contribution in [0.25, 0.3) is 0 Å². The molecule has 3 rings (SSSR count). The van der Waals surface area contributed by atoms with Crippen molar-refractivity contribution in [2.45, 2.75) is 39.0 Å². The van der Waals surface area contributed by atoms with E-state index < -0.39 is 0 Å². The number of aromatic nitrogens is 4. The summed E-state index contributed by atoms with van der Waals surface area (Å²) in [6.45, 7) is 5.23. The first-order chi connectivity index (χ1) is 10.2. The van der Waals surface area contributed by atoms with E-state index in [1.165, 1.54) is 0 Å². The molecule has 2 aromatic rings. The third-order valence-corrected chi connectivity index (χ3v) is 3.92. The van der Waals surface area contributed by atoms with Crippen LogP contribution in [0.5, 0.6) is 0 Å². The molecule has 2 aromatic heterocycles. The SMILES string of the molecule is CCc1nc(C2CCCN(C(=O)c3cn[nH]c3C)C2)no1. The van der Waals surface area contributed by atoms with Crippen LogP contribution in [0.1, 0.15) is 53.5 Å². The van der Waals surface area contributed by atoms with Gasteiger partial charge in [0.1, 0.15) is 0 Å². The van der Waals surface area contributed by atoms with Gasteiger partial charge < -0.3 is 9.42 Å². The normalized spacial score (nSPS) is 19.0. The number of carbonyl (C=O) groups is 1. The van der Waals surface area contributed by atoms with Gasteiger partial charge in [0.15, 0.2) is 5.82 Å². The van der Waals surface area contributed by atoms with Crippen molar-refractivity contribution in [2.24, 2.45) is 0 Å². The number of nitrogens with one attached hydrogen (secondary N) is 1. The van der Waals surface area contributed by atoms with Gasteiger partial charge in [-0.1, -0.05) is 12.1 Å². The molecule has 1 atom stereocenters.